The van der Waals surface area contributed by atoms with Crippen molar-refractivity contribution in [2.24, 2.45) is 5.73 Å². The van der Waals surface area contributed by atoms with E-state index in [-0.39, 0.29) is 17.3 Å². The molecule has 0 radical (unpaired) electrons. The fourth-order valence-electron chi connectivity index (χ4n) is 4.81. The second-order valence-corrected chi connectivity index (χ2v) is 9.43. The highest BCUT2D eigenvalue weighted by Gasteiger charge is 2.24. The maximum absolute atomic E-state index is 12.8. The van der Waals surface area contributed by atoms with Gasteiger partial charge in [0.2, 0.25) is 0 Å². The van der Waals surface area contributed by atoms with Crippen LogP contribution >= 0.6 is 0 Å². The van der Waals surface area contributed by atoms with Crippen LogP contribution in [0.3, 0.4) is 0 Å². The SMILES string of the molecule is Cc1cc(NC(=O)NCCN2CCN(C(=O)Oc3ccc4ccccc4c3C(N)=O)CC2)c2ccccc2n1. The lowest BCUT2D eigenvalue weighted by atomic mass is 10.0. The number of primary amides is 1. The summed E-state index contributed by atoms with van der Waals surface area (Å²) in [6.45, 7) is 5.18. The van der Waals surface area contributed by atoms with Gasteiger partial charge < -0.3 is 26.0 Å². The quantitative estimate of drug-likeness (QED) is 0.351. The topological polar surface area (TPSA) is 130 Å². The van der Waals surface area contributed by atoms with Gasteiger partial charge in [-0.3, -0.25) is 14.7 Å². The van der Waals surface area contributed by atoms with Gasteiger partial charge in [0.05, 0.1) is 16.8 Å². The van der Waals surface area contributed by atoms with Gasteiger partial charge in [-0.05, 0) is 35.9 Å². The van der Waals surface area contributed by atoms with Crippen LogP contribution in [0.1, 0.15) is 16.1 Å². The number of aryl methyl sites for hydroxylation is 1. The first-order valence-electron chi connectivity index (χ1n) is 12.8. The number of nitrogens with two attached hydrogens (primary N) is 1. The summed E-state index contributed by atoms with van der Waals surface area (Å²) in [5, 5.41) is 8.18. The number of amides is 4. The highest BCUT2D eigenvalue weighted by atomic mass is 16.6. The van der Waals surface area contributed by atoms with Crippen LogP contribution in [-0.2, 0) is 0 Å². The lowest BCUT2D eigenvalue weighted by Crippen LogP contribution is -2.51. The van der Waals surface area contributed by atoms with Crippen molar-refractivity contribution in [3.8, 4) is 5.75 Å². The zero-order valence-corrected chi connectivity index (χ0v) is 21.6. The number of para-hydroxylation sites is 1. The van der Waals surface area contributed by atoms with Gasteiger partial charge in [0, 0.05) is 50.3 Å². The van der Waals surface area contributed by atoms with Crippen LogP contribution < -0.4 is 21.1 Å². The van der Waals surface area contributed by atoms with E-state index in [0.29, 0.717) is 50.3 Å². The molecule has 10 nitrogen and oxygen atoms in total. The third-order valence-electron chi connectivity index (χ3n) is 6.77. The number of aromatic nitrogens is 1. The van der Waals surface area contributed by atoms with Gasteiger partial charge in [0.25, 0.3) is 5.91 Å². The summed E-state index contributed by atoms with van der Waals surface area (Å²) in [6.07, 6.45) is -0.523. The predicted molar refractivity (Wildman–Crippen MR) is 150 cm³/mol. The van der Waals surface area contributed by atoms with Crippen molar-refractivity contribution < 1.29 is 19.1 Å². The maximum Gasteiger partial charge on any atom is 0.415 e. The highest BCUT2D eigenvalue weighted by Crippen LogP contribution is 2.28. The molecule has 4 N–H and O–H groups in total. The summed E-state index contributed by atoms with van der Waals surface area (Å²) >= 11 is 0. The Balaban J connectivity index is 1.10. The molecule has 10 heteroatoms. The fourth-order valence-corrected chi connectivity index (χ4v) is 4.81. The molecule has 1 aromatic heterocycles. The first-order chi connectivity index (χ1) is 18.9. The number of benzene rings is 3. The van der Waals surface area contributed by atoms with E-state index in [2.05, 4.69) is 20.5 Å². The number of carbonyl (C=O) groups is 3. The molecule has 4 aromatic rings. The molecule has 2 heterocycles. The minimum Gasteiger partial charge on any atom is -0.409 e. The number of ether oxygens (including phenoxy) is 1. The van der Waals surface area contributed by atoms with Crippen LogP contribution in [0, 0.1) is 6.92 Å². The molecule has 200 valence electrons. The van der Waals surface area contributed by atoms with Crippen LogP contribution in [0.25, 0.3) is 21.7 Å². The number of hydrogen-bond acceptors (Lipinski definition) is 6. The number of hydrogen-bond donors (Lipinski definition) is 3. The van der Waals surface area contributed by atoms with Crippen molar-refractivity contribution >= 4 is 45.4 Å². The summed E-state index contributed by atoms with van der Waals surface area (Å²) in [4.78, 5) is 45.8. The minimum atomic E-state index is -0.650. The summed E-state index contributed by atoms with van der Waals surface area (Å²) < 4.78 is 5.60. The van der Waals surface area contributed by atoms with Crippen molar-refractivity contribution in [1.29, 1.82) is 0 Å². The van der Waals surface area contributed by atoms with Crippen LogP contribution in [0.15, 0.2) is 66.7 Å². The molecule has 0 unspecified atom stereocenters. The third kappa shape index (κ3) is 5.91. The normalized spacial score (nSPS) is 13.8. The van der Waals surface area contributed by atoms with Crippen LogP contribution in [0.4, 0.5) is 15.3 Å². The summed E-state index contributed by atoms with van der Waals surface area (Å²) in [7, 11) is 0. The predicted octanol–water partition coefficient (Wildman–Crippen LogP) is 3.73. The number of urea groups is 1. The summed E-state index contributed by atoms with van der Waals surface area (Å²) in [5.41, 5.74) is 8.17. The Labute approximate surface area is 225 Å². The second kappa shape index (κ2) is 11.4. The van der Waals surface area contributed by atoms with E-state index in [1.807, 2.05) is 49.4 Å². The maximum atomic E-state index is 12.8. The lowest BCUT2D eigenvalue weighted by Gasteiger charge is -2.34. The molecule has 3 aromatic carbocycles. The molecule has 39 heavy (non-hydrogen) atoms. The Kier molecular flexibility index (Phi) is 7.55. The number of fused-ring (bicyclic) bond motifs is 2. The largest absolute Gasteiger partial charge is 0.415 e. The number of piperazine rings is 1. The number of nitrogens with one attached hydrogen (secondary N) is 2. The van der Waals surface area contributed by atoms with Gasteiger partial charge in [-0.1, -0.05) is 48.5 Å². The van der Waals surface area contributed by atoms with Crippen LogP contribution in [-0.4, -0.2) is 72.1 Å². The zero-order valence-electron chi connectivity index (χ0n) is 21.6. The number of anilines is 1. The molecule has 0 aliphatic carbocycles. The second-order valence-electron chi connectivity index (χ2n) is 9.43. The van der Waals surface area contributed by atoms with Gasteiger partial charge >= 0.3 is 12.1 Å². The molecule has 4 amide bonds. The Bertz CT molecular complexity index is 1550. The average Bonchev–Trinajstić information content (AvgIpc) is 2.93. The molecule has 0 saturated carbocycles. The van der Waals surface area contributed by atoms with E-state index in [1.165, 1.54) is 0 Å². The van der Waals surface area contributed by atoms with Crippen LogP contribution in [0.5, 0.6) is 5.75 Å². The van der Waals surface area contributed by atoms with Gasteiger partial charge in [-0.25, -0.2) is 9.59 Å². The minimum absolute atomic E-state index is 0.154. The first kappa shape index (κ1) is 25.9. The van der Waals surface area contributed by atoms with Crippen molar-refractivity contribution in [2.45, 2.75) is 6.92 Å². The van der Waals surface area contributed by atoms with Gasteiger partial charge in [0.15, 0.2) is 0 Å². The summed E-state index contributed by atoms with van der Waals surface area (Å²) in [5.74, 6) is -0.496. The van der Waals surface area contributed by atoms with E-state index in [1.54, 1.807) is 29.2 Å². The fraction of sp³-hybridized carbons (Fsp3) is 0.241. The Hall–Kier alpha value is -4.70. The van der Waals surface area contributed by atoms with Crippen molar-refractivity contribution in [3.05, 3.63) is 78.0 Å². The van der Waals surface area contributed by atoms with E-state index in [0.717, 1.165) is 22.0 Å². The number of rotatable bonds is 6. The monoisotopic (exact) mass is 526 g/mol. The standard InChI is InChI=1S/C29H30N6O4/c1-19-18-24(22-8-4-5-9-23(22)32-19)33-28(37)31-12-13-34-14-16-35(17-15-34)29(38)39-25-11-10-20-6-2-3-7-21(20)26(25)27(30)36/h2-11,18H,12-17H2,1H3,(H2,30,36)(H2,31,32,33,37). The molecule has 0 bridgehead atoms. The van der Waals surface area contributed by atoms with Gasteiger partial charge in [-0.2, -0.15) is 0 Å². The third-order valence-corrected chi connectivity index (χ3v) is 6.77. The Morgan fingerprint density at radius 1 is 0.949 bits per heavy atom. The van der Waals surface area contributed by atoms with E-state index >= 15 is 0 Å². The van der Waals surface area contributed by atoms with E-state index in [9.17, 15) is 14.4 Å². The van der Waals surface area contributed by atoms with E-state index < -0.39 is 12.0 Å². The molecule has 0 spiro atoms. The molecular weight excluding hydrogens is 496 g/mol. The Morgan fingerprint density at radius 2 is 1.67 bits per heavy atom. The molecule has 1 saturated heterocycles. The molecule has 5 rings (SSSR count). The Morgan fingerprint density at radius 3 is 2.44 bits per heavy atom. The highest BCUT2D eigenvalue weighted by molar-refractivity contribution is 6.09. The van der Waals surface area contributed by atoms with E-state index in [4.69, 9.17) is 10.5 Å². The average molecular weight is 527 g/mol. The van der Waals surface area contributed by atoms with Gasteiger partial charge in [0.1, 0.15) is 5.75 Å². The smallest absolute Gasteiger partial charge is 0.409 e. The lowest BCUT2D eigenvalue weighted by molar-refractivity contribution is 0.0993. The summed E-state index contributed by atoms with van der Waals surface area (Å²) in [6, 6.07) is 20.0. The van der Waals surface area contributed by atoms with Gasteiger partial charge in [-0.15, -0.1) is 0 Å². The number of nitrogens with zero attached hydrogens (tertiary/aromatic N) is 3. The molecule has 0 atom stereocenters. The number of pyridine rings is 1. The molecule has 1 aliphatic heterocycles. The number of carbonyl (C=O) groups excluding carboxylic acids is 3. The van der Waals surface area contributed by atoms with Crippen molar-refractivity contribution in [2.75, 3.05) is 44.6 Å². The molecule has 1 aliphatic rings. The molecule has 1 fully saturated rings. The zero-order chi connectivity index (χ0) is 27.4. The molecular formula is C29H30N6O4. The van der Waals surface area contributed by atoms with Crippen LogP contribution in [0.2, 0.25) is 0 Å². The van der Waals surface area contributed by atoms with Crippen molar-refractivity contribution in [3.63, 3.8) is 0 Å². The van der Waals surface area contributed by atoms with Crippen molar-refractivity contribution in [1.82, 2.24) is 20.1 Å². The first-order valence-corrected chi connectivity index (χ1v) is 12.8.